The number of nitrogens with zero attached hydrogens (tertiary/aromatic N) is 1. The smallest absolute Gasteiger partial charge is 0.317 e. The Bertz CT molecular complexity index is 820. The molecular formula is C14H14N2O5. The summed E-state index contributed by atoms with van der Waals surface area (Å²) in [7, 11) is 0. The number of para-hydroxylation sites is 1. The number of H-pyrrole nitrogens is 1. The van der Waals surface area contributed by atoms with E-state index >= 15 is 0 Å². The van der Waals surface area contributed by atoms with E-state index in [9.17, 15) is 14.4 Å². The van der Waals surface area contributed by atoms with Gasteiger partial charge in [-0.3, -0.25) is 19.0 Å². The van der Waals surface area contributed by atoms with Crippen molar-refractivity contribution < 1.29 is 14.3 Å². The highest BCUT2D eigenvalue weighted by Gasteiger charge is 2.27. The maximum Gasteiger partial charge on any atom is 0.317 e. The van der Waals surface area contributed by atoms with Crippen LogP contribution in [0.2, 0.25) is 0 Å². The van der Waals surface area contributed by atoms with Crippen molar-refractivity contribution in [3.63, 3.8) is 0 Å². The van der Waals surface area contributed by atoms with E-state index in [2.05, 4.69) is 4.98 Å². The highest BCUT2D eigenvalue weighted by Crippen LogP contribution is 2.30. The van der Waals surface area contributed by atoms with Crippen LogP contribution < -0.4 is 15.9 Å². The van der Waals surface area contributed by atoms with Crippen LogP contribution in [0.5, 0.6) is 5.75 Å². The van der Waals surface area contributed by atoms with Gasteiger partial charge in [0.05, 0.1) is 24.6 Å². The second kappa shape index (κ2) is 5.08. The van der Waals surface area contributed by atoms with Gasteiger partial charge in [-0.25, -0.2) is 0 Å². The van der Waals surface area contributed by atoms with Gasteiger partial charge in [-0.05, 0) is 19.1 Å². The Morgan fingerprint density at radius 1 is 1.48 bits per heavy atom. The Hall–Kier alpha value is -2.57. The van der Waals surface area contributed by atoms with E-state index in [1.54, 1.807) is 25.1 Å². The topological polar surface area (TPSA) is 90.4 Å². The zero-order valence-electron chi connectivity index (χ0n) is 11.4. The summed E-state index contributed by atoms with van der Waals surface area (Å²) >= 11 is 0. The first-order chi connectivity index (χ1) is 10.1. The minimum atomic E-state index is -0.713. The Labute approximate surface area is 119 Å². The molecule has 7 heteroatoms. The fraction of sp³-hybridized carbons (Fsp3) is 0.357. The lowest BCUT2D eigenvalue weighted by atomic mass is 10.1. The minimum absolute atomic E-state index is 0.0133. The fourth-order valence-corrected chi connectivity index (χ4v) is 2.55. The molecule has 0 bridgehead atoms. The number of rotatable bonds is 3. The SMILES string of the molecule is CCOC(=O)CC1COc2cccc3[nH]c(=O)c(=O)n1c23. The Morgan fingerprint density at radius 2 is 2.29 bits per heavy atom. The molecule has 0 saturated carbocycles. The van der Waals surface area contributed by atoms with Crippen LogP contribution in [0.15, 0.2) is 27.8 Å². The summed E-state index contributed by atoms with van der Waals surface area (Å²) in [6, 6.07) is 4.59. The van der Waals surface area contributed by atoms with Crippen LogP contribution in [0.3, 0.4) is 0 Å². The van der Waals surface area contributed by atoms with Crippen molar-refractivity contribution in [3.05, 3.63) is 38.9 Å². The molecule has 1 N–H and O–H groups in total. The first-order valence-electron chi connectivity index (χ1n) is 6.67. The van der Waals surface area contributed by atoms with Crippen LogP contribution in [0.1, 0.15) is 19.4 Å². The maximum atomic E-state index is 12.2. The quantitative estimate of drug-likeness (QED) is 0.659. The number of carbonyl (C=O) groups excluding carboxylic acids is 1. The number of hydrogen-bond acceptors (Lipinski definition) is 5. The van der Waals surface area contributed by atoms with Gasteiger partial charge in [0.15, 0.2) is 0 Å². The normalized spacial score (nSPS) is 16.5. The summed E-state index contributed by atoms with van der Waals surface area (Å²) in [5.74, 6) is 0.0896. The fourth-order valence-electron chi connectivity index (χ4n) is 2.55. The number of carbonyl (C=O) groups is 1. The molecule has 0 radical (unpaired) electrons. The molecule has 3 rings (SSSR count). The average Bonchev–Trinajstić information content (AvgIpc) is 2.46. The Balaban J connectivity index is 2.17. The second-order valence-corrected chi connectivity index (χ2v) is 4.76. The van der Waals surface area contributed by atoms with Gasteiger partial charge in [-0.15, -0.1) is 0 Å². The second-order valence-electron chi connectivity index (χ2n) is 4.76. The number of nitrogens with one attached hydrogen (secondary N) is 1. The first-order valence-corrected chi connectivity index (χ1v) is 6.67. The summed E-state index contributed by atoms with van der Waals surface area (Å²) in [5, 5.41) is 0. The van der Waals surface area contributed by atoms with Gasteiger partial charge in [0, 0.05) is 0 Å². The van der Waals surface area contributed by atoms with Crippen LogP contribution in [0, 0.1) is 0 Å². The van der Waals surface area contributed by atoms with Crippen LogP contribution in [0.25, 0.3) is 11.0 Å². The Morgan fingerprint density at radius 3 is 3.05 bits per heavy atom. The van der Waals surface area contributed by atoms with Crippen LogP contribution in [0.4, 0.5) is 0 Å². The molecule has 1 aliphatic rings. The van der Waals surface area contributed by atoms with Gasteiger partial charge >= 0.3 is 17.1 Å². The van der Waals surface area contributed by atoms with Crippen molar-refractivity contribution in [3.8, 4) is 5.75 Å². The first kappa shape index (κ1) is 13.4. The van der Waals surface area contributed by atoms with Gasteiger partial charge in [0.1, 0.15) is 17.9 Å². The number of aromatic nitrogens is 2. The lowest BCUT2D eigenvalue weighted by Crippen LogP contribution is -2.42. The predicted molar refractivity (Wildman–Crippen MR) is 74.6 cm³/mol. The summed E-state index contributed by atoms with van der Waals surface area (Å²) < 4.78 is 11.8. The summed E-state index contributed by atoms with van der Waals surface area (Å²) in [6.45, 7) is 2.12. The molecular weight excluding hydrogens is 276 g/mol. The molecule has 1 aromatic heterocycles. The molecule has 110 valence electrons. The summed E-state index contributed by atoms with van der Waals surface area (Å²) in [6.07, 6.45) is -0.0133. The van der Waals surface area contributed by atoms with E-state index in [4.69, 9.17) is 9.47 Å². The van der Waals surface area contributed by atoms with Crippen molar-refractivity contribution in [2.75, 3.05) is 13.2 Å². The average molecular weight is 290 g/mol. The third-order valence-electron chi connectivity index (χ3n) is 3.41. The van der Waals surface area contributed by atoms with Gasteiger partial charge in [0.25, 0.3) is 0 Å². The molecule has 0 saturated heterocycles. The number of ether oxygens (including phenoxy) is 2. The molecule has 7 nitrogen and oxygen atoms in total. The Kier molecular flexibility index (Phi) is 3.25. The summed E-state index contributed by atoms with van der Waals surface area (Å²) in [4.78, 5) is 38.1. The standard InChI is InChI=1S/C14H14N2O5/c1-2-20-11(17)6-8-7-21-10-5-3-4-9-12(10)16(8)14(19)13(18)15-9/h3-5,8H,2,6-7H2,1H3,(H,15,18). The summed E-state index contributed by atoms with van der Waals surface area (Å²) in [5.41, 5.74) is -0.392. The van der Waals surface area contributed by atoms with Crippen molar-refractivity contribution >= 4 is 17.0 Å². The number of aromatic amines is 1. The van der Waals surface area contributed by atoms with Crippen molar-refractivity contribution in [2.45, 2.75) is 19.4 Å². The van der Waals surface area contributed by atoms with Crippen LogP contribution in [-0.2, 0) is 9.53 Å². The highest BCUT2D eigenvalue weighted by atomic mass is 16.5. The molecule has 1 unspecified atom stereocenters. The lowest BCUT2D eigenvalue weighted by Gasteiger charge is -2.27. The number of benzene rings is 1. The largest absolute Gasteiger partial charge is 0.489 e. The monoisotopic (exact) mass is 290 g/mol. The van der Waals surface area contributed by atoms with Gasteiger partial charge in [-0.1, -0.05) is 6.07 Å². The zero-order chi connectivity index (χ0) is 15.0. The predicted octanol–water partition coefficient (Wildman–Crippen LogP) is 0.576. The molecule has 2 aromatic rings. The highest BCUT2D eigenvalue weighted by molar-refractivity contribution is 5.82. The van der Waals surface area contributed by atoms with Crippen LogP contribution in [-0.4, -0.2) is 28.7 Å². The van der Waals surface area contributed by atoms with E-state index in [0.29, 0.717) is 16.8 Å². The zero-order valence-corrected chi connectivity index (χ0v) is 11.4. The molecule has 1 aliphatic heterocycles. The van der Waals surface area contributed by atoms with Crippen molar-refractivity contribution in [1.82, 2.24) is 9.55 Å². The third-order valence-corrected chi connectivity index (χ3v) is 3.41. The molecule has 2 heterocycles. The molecule has 1 aromatic carbocycles. The van der Waals surface area contributed by atoms with Gasteiger partial charge < -0.3 is 14.5 Å². The van der Waals surface area contributed by atoms with E-state index in [0.717, 1.165) is 0 Å². The van der Waals surface area contributed by atoms with Crippen LogP contribution >= 0.6 is 0 Å². The number of esters is 1. The molecule has 1 atom stereocenters. The van der Waals surface area contributed by atoms with E-state index in [1.807, 2.05) is 0 Å². The van der Waals surface area contributed by atoms with Gasteiger partial charge in [-0.2, -0.15) is 0 Å². The van der Waals surface area contributed by atoms with E-state index in [-0.39, 0.29) is 19.6 Å². The van der Waals surface area contributed by atoms with E-state index in [1.165, 1.54) is 4.57 Å². The molecule has 21 heavy (non-hydrogen) atoms. The van der Waals surface area contributed by atoms with Gasteiger partial charge in [0.2, 0.25) is 0 Å². The minimum Gasteiger partial charge on any atom is -0.489 e. The maximum absolute atomic E-state index is 12.2. The lowest BCUT2D eigenvalue weighted by molar-refractivity contribution is -0.144. The molecule has 0 fully saturated rings. The molecule has 0 aliphatic carbocycles. The van der Waals surface area contributed by atoms with E-state index < -0.39 is 23.1 Å². The van der Waals surface area contributed by atoms with Crippen molar-refractivity contribution in [2.24, 2.45) is 0 Å². The molecule has 0 amide bonds. The van der Waals surface area contributed by atoms with Crippen molar-refractivity contribution in [1.29, 1.82) is 0 Å². The third kappa shape index (κ3) is 2.20. The number of hydrogen-bond donors (Lipinski definition) is 1. The molecule has 0 spiro atoms.